The molecule has 8 nitrogen and oxygen atoms in total. The minimum Gasteiger partial charge on any atom is -0.444 e. The van der Waals surface area contributed by atoms with E-state index in [1.807, 2.05) is 58.0 Å². The number of hydrogen-bond acceptors (Lipinski definition) is 6. The van der Waals surface area contributed by atoms with E-state index in [4.69, 9.17) is 14.2 Å². The molecule has 0 bridgehead atoms. The first-order chi connectivity index (χ1) is 15.5. The van der Waals surface area contributed by atoms with E-state index in [0.29, 0.717) is 5.92 Å². The molecule has 0 radical (unpaired) electrons. The second-order valence-corrected chi connectivity index (χ2v) is 10.4. The lowest BCUT2D eigenvalue weighted by Crippen LogP contribution is -2.53. The molecule has 0 spiro atoms. The predicted octanol–water partition coefficient (Wildman–Crippen LogP) is 4.14. The van der Waals surface area contributed by atoms with Gasteiger partial charge in [-0.1, -0.05) is 37.3 Å². The van der Waals surface area contributed by atoms with Gasteiger partial charge in [-0.05, 0) is 52.0 Å². The number of likely N-dealkylation sites (tertiary alicyclic amines) is 1. The number of rotatable bonds is 5. The number of nitrogens with zero attached hydrogens (tertiary/aromatic N) is 2. The van der Waals surface area contributed by atoms with Crippen molar-refractivity contribution >= 4 is 18.1 Å². The van der Waals surface area contributed by atoms with Crippen LogP contribution in [0.4, 0.5) is 9.59 Å². The van der Waals surface area contributed by atoms with Crippen molar-refractivity contribution in [2.75, 3.05) is 7.11 Å². The number of cyclic esters (lactones) is 1. The first kappa shape index (κ1) is 23.5. The van der Waals surface area contributed by atoms with Crippen LogP contribution < -0.4 is 0 Å². The lowest BCUT2D eigenvalue weighted by molar-refractivity contribution is -0.139. The van der Waals surface area contributed by atoms with E-state index >= 15 is 0 Å². The number of hydrogen-bond donors (Lipinski definition) is 0. The molecule has 3 fully saturated rings. The topological polar surface area (TPSA) is 85.4 Å². The maximum absolute atomic E-state index is 13.5. The third-order valence-corrected chi connectivity index (χ3v) is 6.92. The molecule has 2 saturated heterocycles. The van der Waals surface area contributed by atoms with Crippen LogP contribution in [0.5, 0.6) is 0 Å². The van der Waals surface area contributed by atoms with Gasteiger partial charge in [0.2, 0.25) is 5.91 Å². The van der Waals surface area contributed by atoms with Gasteiger partial charge >= 0.3 is 12.2 Å². The van der Waals surface area contributed by atoms with Gasteiger partial charge in [-0.25, -0.2) is 14.5 Å². The Bertz CT molecular complexity index is 913. The average molecular weight is 459 g/mol. The van der Waals surface area contributed by atoms with Gasteiger partial charge in [0.05, 0.1) is 24.1 Å². The van der Waals surface area contributed by atoms with E-state index in [-0.39, 0.29) is 24.1 Å². The highest BCUT2D eigenvalue weighted by Crippen LogP contribution is 2.50. The Morgan fingerprint density at radius 3 is 2.42 bits per heavy atom. The summed E-state index contributed by atoms with van der Waals surface area (Å²) in [5, 5.41) is 0. The Labute approximate surface area is 195 Å². The number of amides is 3. The number of methoxy groups -OCH3 is 1. The molecule has 2 aliphatic heterocycles. The molecule has 1 aromatic carbocycles. The number of fused-ring (bicyclic) bond motifs is 1. The number of piperidine rings is 1. The van der Waals surface area contributed by atoms with Crippen molar-refractivity contribution < 1.29 is 28.6 Å². The Morgan fingerprint density at radius 2 is 1.82 bits per heavy atom. The zero-order chi connectivity index (χ0) is 24.1. The first-order valence-corrected chi connectivity index (χ1v) is 11.7. The summed E-state index contributed by atoms with van der Waals surface area (Å²) in [4.78, 5) is 42.1. The normalized spacial score (nSPS) is 30.5. The SMILES string of the molecule is COC(C(C)C(=O)N1C(=O)O[C@@H](c2ccccc2)[C@H]1C)[C@@H]1C[C@@H]2C[C@@H]2N1C(=O)OC(C)(C)C. The quantitative estimate of drug-likeness (QED) is 0.659. The Balaban J connectivity index is 1.51. The molecule has 7 atom stereocenters. The van der Waals surface area contributed by atoms with Gasteiger partial charge in [-0.2, -0.15) is 0 Å². The van der Waals surface area contributed by atoms with E-state index in [1.165, 1.54) is 4.90 Å². The molecule has 8 heteroatoms. The van der Waals surface area contributed by atoms with Crippen LogP contribution in [0.3, 0.4) is 0 Å². The highest BCUT2D eigenvalue weighted by atomic mass is 16.6. The van der Waals surface area contributed by atoms with Crippen LogP contribution in [0, 0.1) is 11.8 Å². The van der Waals surface area contributed by atoms with Crippen LogP contribution in [-0.4, -0.2) is 64.8 Å². The van der Waals surface area contributed by atoms with Crippen molar-refractivity contribution in [1.82, 2.24) is 9.80 Å². The van der Waals surface area contributed by atoms with E-state index < -0.39 is 35.9 Å². The van der Waals surface area contributed by atoms with Crippen molar-refractivity contribution in [3.8, 4) is 0 Å². The fourth-order valence-corrected chi connectivity index (χ4v) is 5.27. The molecule has 0 N–H and O–H groups in total. The lowest BCUT2D eigenvalue weighted by atomic mass is 9.92. The Hall–Kier alpha value is -2.61. The monoisotopic (exact) mass is 458 g/mol. The number of imide groups is 1. The van der Waals surface area contributed by atoms with Crippen molar-refractivity contribution in [2.45, 2.75) is 83.4 Å². The lowest BCUT2D eigenvalue weighted by Gasteiger charge is -2.37. The van der Waals surface area contributed by atoms with Crippen LogP contribution in [-0.2, 0) is 19.0 Å². The summed E-state index contributed by atoms with van der Waals surface area (Å²) < 4.78 is 17.0. The number of ether oxygens (including phenoxy) is 3. The number of carbonyl (C=O) groups is 3. The summed E-state index contributed by atoms with van der Waals surface area (Å²) >= 11 is 0. The van der Waals surface area contributed by atoms with Crippen LogP contribution >= 0.6 is 0 Å². The molecule has 2 unspecified atom stereocenters. The molecule has 180 valence electrons. The van der Waals surface area contributed by atoms with Gasteiger partial charge in [0, 0.05) is 13.2 Å². The van der Waals surface area contributed by atoms with Gasteiger partial charge in [0.15, 0.2) is 0 Å². The maximum atomic E-state index is 13.5. The molecule has 3 amide bonds. The van der Waals surface area contributed by atoms with Crippen molar-refractivity contribution in [3.63, 3.8) is 0 Å². The van der Waals surface area contributed by atoms with Crippen molar-refractivity contribution in [3.05, 3.63) is 35.9 Å². The molecule has 33 heavy (non-hydrogen) atoms. The second-order valence-electron chi connectivity index (χ2n) is 10.4. The Kier molecular flexibility index (Phi) is 6.16. The molecule has 4 rings (SSSR count). The summed E-state index contributed by atoms with van der Waals surface area (Å²) in [5.74, 6) is -0.602. The van der Waals surface area contributed by atoms with Gasteiger partial charge < -0.3 is 14.2 Å². The minimum atomic E-state index is -0.652. The fourth-order valence-electron chi connectivity index (χ4n) is 5.27. The van der Waals surface area contributed by atoms with Crippen molar-refractivity contribution in [2.24, 2.45) is 11.8 Å². The van der Waals surface area contributed by atoms with Crippen LogP contribution in [0.15, 0.2) is 30.3 Å². The molecule has 3 aliphatic rings. The van der Waals surface area contributed by atoms with E-state index in [0.717, 1.165) is 18.4 Å². The van der Waals surface area contributed by atoms with Crippen LogP contribution in [0.25, 0.3) is 0 Å². The zero-order valence-electron chi connectivity index (χ0n) is 20.2. The molecular weight excluding hydrogens is 424 g/mol. The predicted molar refractivity (Wildman–Crippen MR) is 120 cm³/mol. The molecule has 1 aromatic rings. The van der Waals surface area contributed by atoms with E-state index in [1.54, 1.807) is 18.9 Å². The number of benzene rings is 1. The minimum absolute atomic E-state index is 0.128. The molecule has 2 heterocycles. The second kappa shape index (κ2) is 8.63. The van der Waals surface area contributed by atoms with Crippen LogP contribution in [0.1, 0.15) is 59.1 Å². The van der Waals surface area contributed by atoms with Crippen LogP contribution in [0.2, 0.25) is 0 Å². The van der Waals surface area contributed by atoms with Gasteiger partial charge in [-0.15, -0.1) is 0 Å². The third-order valence-electron chi connectivity index (χ3n) is 6.92. The molecular formula is C25H34N2O6. The van der Waals surface area contributed by atoms with E-state index in [9.17, 15) is 14.4 Å². The highest BCUT2D eigenvalue weighted by molar-refractivity contribution is 5.95. The van der Waals surface area contributed by atoms with Crippen molar-refractivity contribution in [1.29, 1.82) is 0 Å². The highest BCUT2D eigenvalue weighted by Gasteiger charge is 2.58. The molecule has 0 aromatic heterocycles. The van der Waals surface area contributed by atoms with E-state index in [2.05, 4.69) is 0 Å². The fraction of sp³-hybridized carbons (Fsp3) is 0.640. The van der Waals surface area contributed by atoms with Gasteiger partial charge in [0.1, 0.15) is 11.7 Å². The Morgan fingerprint density at radius 1 is 1.15 bits per heavy atom. The molecule has 1 saturated carbocycles. The smallest absolute Gasteiger partial charge is 0.417 e. The number of carbonyl (C=O) groups excluding carboxylic acids is 3. The van der Waals surface area contributed by atoms with Gasteiger partial charge in [-0.3, -0.25) is 9.69 Å². The van der Waals surface area contributed by atoms with Gasteiger partial charge in [0.25, 0.3) is 0 Å². The standard InChI is InChI=1S/C25H34N2O6/c1-14(22(28)26-15(2)21(32-23(26)29)16-10-8-7-9-11-16)20(31-6)19-13-17-12-18(17)27(19)24(30)33-25(3,4)5/h7-11,14-15,17-21H,12-13H2,1-6H3/t14?,15-,17+,18+,19+,20?,21-/m1/s1. The zero-order valence-corrected chi connectivity index (χ0v) is 20.2. The average Bonchev–Trinajstić information content (AvgIpc) is 3.30. The summed E-state index contributed by atoms with van der Waals surface area (Å²) in [7, 11) is 1.55. The first-order valence-electron chi connectivity index (χ1n) is 11.7. The molecule has 1 aliphatic carbocycles. The summed E-state index contributed by atoms with van der Waals surface area (Å²) in [6.45, 7) is 9.08. The summed E-state index contributed by atoms with van der Waals surface area (Å²) in [6, 6.07) is 8.80. The largest absolute Gasteiger partial charge is 0.444 e. The third kappa shape index (κ3) is 4.45. The summed E-state index contributed by atoms with van der Waals surface area (Å²) in [5.41, 5.74) is 0.233. The maximum Gasteiger partial charge on any atom is 0.417 e. The summed E-state index contributed by atoms with van der Waals surface area (Å²) in [6.07, 6.45) is -0.407.